The lowest BCUT2D eigenvalue weighted by molar-refractivity contribution is 0.0221. The highest BCUT2D eigenvalue weighted by atomic mass is 16.3. The molecule has 0 amide bonds. The van der Waals surface area contributed by atoms with E-state index in [2.05, 4.69) is 35.2 Å². The minimum atomic E-state index is 0.111. The summed E-state index contributed by atoms with van der Waals surface area (Å²) >= 11 is 0. The first-order chi connectivity index (χ1) is 11.3. The minimum absolute atomic E-state index is 0.111. The normalized spacial score (nSPS) is 24.0. The molecule has 2 nitrogen and oxygen atoms in total. The van der Waals surface area contributed by atoms with Crippen molar-refractivity contribution in [3.63, 3.8) is 0 Å². The van der Waals surface area contributed by atoms with Gasteiger partial charge in [-0.3, -0.25) is 0 Å². The van der Waals surface area contributed by atoms with E-state index >= 15 is 0 Å². The third kappa shape index (κ3) is 4.58. The Kier molecular flexibility index (Phi) is 6.13. The van der Waals surface area contributed by atoms with Crippen LogP contribution in [0.1, 0.15) is 63.4 Å². The van der Waals surface area contributed by atoms with Gasteiger partial charge in [-0.25, -0.2) is 0 Å². The number of aliphatic hydroxyl groups excluding tert-OH is 1. The van der Waals surface area contributed by atoms with Gasteiger partial charge in [0.2, 0.25) is 0 Å². The Balaban J connectivity index is 1.57. The molecule has 1 N–H and O–H groups in total. The maximum atomic E-state index is 10.1. The highest BCUT2D eigenvalue weighted by molar-refractivity contribution is 5.17. The topological polar surface area (TPSA) is 23.5 Å². The number of nitrogens with zero attached hydrogens (tertiary/aromatic N) is 1. The van der Waals surface area contributed by atoms with Crippen LogP contribution in [0, 0.1) is 5.41 Å². The first-order valence-corrected chi connectivity index (χ1v) is 9.70. The summed E-state index contributed by atoms with van der Waals surface area (Å²) in [7, 11) is 0. The summed E-state index contributed by atoms with van der Waals surface area (Å²) in [6.07, 6.45) is 13.2. The molecule has 128 valence electrons. The summed E-state index contributed by atoms with van der Waals surface area (Å²) < 4.78 is 0. The molecule has 0 atom stereocenters. The first-order valence-electron chi connectivity index (χ1n) is 9.70. The molecule has 2 fully saturated rings. The van der Waals surface area contributed by atoms with Crippen LogP contribution in [0.25, 0.3) is 0 Å². The quantitative estimate of drug-likeness (QED) is 0.889. The lowest BCUT2D eigenvalue weighted by Gasteiger charge is -2.44. The van der Waals surface area contributed by atoms with E-state index in [0.29, 0.717) is 6.61 Å². The number of hydrogen-bond donors (Lipinski definition) is 1. The molecule has 23 heavy (non-hydrogen) atoms. The summed E-state index contributed by atoms with van der Waals surface area (Å²) in [5.74, 6) is 0. The van der Waals surface area contributed by atoms with Gasteiger partial charge in [-0.05, 0) is 56.2 Å². The van der Waals surface area contributed by atoms with Crippen LogP contribution in [-0.4, -0.2) is 35.7 Å². The van der Waals surface area contributed by atoms with Gasteiger partial charge >= 0.3 is 0 Å². The van der Waals surface area contributed by atoms with Crippen molar-refractivity contribution in [3.8, 4) is 0 Å². The molecule has 0 radical (unpaired) electrons. The average Bonchev–Trinajstić information content (AvgIpc) is 2.57. The molecule has 1 aromatic rings. The van der Waals surface area contributed by atoms with E-state index < -0.39 is 0 Å². The molecule has 1 aliphatic carbocycles. The maximum Gasteiger partial charge on any atom is 0.0491 e. The molecular formula is C21H33NO. The van der Waals surface area contributed by atoms with Crippen molar-refractivity contribution in [1.29, 1.82) is 0 Å². The zero-order valence-corrected chi connectivity index (χ0v) is 14.6. The standard InChI is InChI=1S/C21H33NO/c23-18-21(17-19-9-5-4-6-10-19)13-15-22(16-14-21)20-11-7-2-1-3-8-12-20/h4-6,9-10,20,23H,1-3,7-8,11-18H2. The fourth-order valence-corrected chi connectivity index (χ4v) is 4.58. The van der Waals surface area contributed by atoms with E-state index in [4.69, 9.17) is 0 Å². The molecule has 1 heterocycles. The number of likely N-dealkylation sites (tertiary alicyclic amines) is 1. The van der Waals surface area contributed by atoms with Gasteiger partial charge in [-0.2, -0.15) is 0 Å². The molecule has 0 aromatic heterocycles. The van der Waals surface area contributed by atoms with Gasteiger partial charge in [0.05, 0.1) is 0 Å². The molecule has 0 bridgehead atoms. The van der Waals surface area contributed by atoms with Crippen molar-refractivity contribution in [2.75, 3.05) is 19.7 Å². The first kappa shape index (κ1) is 17.0. The Hall–Kier alpha value is -0.860. The summed E-state index contributed by atoms with van der Waals surface area (Å²) in [5, 5.41) is 10.1. The van der Waals surface area contributed by atoms with Gasteiger partial charge < -0.3 is 10.0 Å². The van der Waals surface area contributed by atoms with Crippen LogP contribution in [0.15, 0.2) is 30.3 Å². The zero-order valence-electron chi connectivity index (χ0n) is 14.6. The fraction of sp³-hybridized carbons (Fsp3) is 0.714. The van der Waals surface area contributed by atoms with Crippen LogP contribution in [-0.2, 0) is 6.42 Å². The summed E-state index contributed by atoms with van der Waals surface area (Å²) in [5.41, 5.74) is 1.49. The maximum absolute atomic E-state index is 10.1. The predicted octanol–water partition coefficient (Wildman–Crippen LogP) is 4.42. The number of piperidine rings is 1. The second kappa shape index (κ2) is 8.30. The second-order valence-corrected chi connectivity index (χ2v) is 7.86. The Morgan fingerprint density at radius 1 is 0.913 bits per heavy atom. The largest absolute Gasteiger partial charge is 0.396 e. The fourth-order valence-electron chi connectivity index (χ4n) is 4.58. The van der Waals surface area contributed by atoms with Crippen molar-refractivity contribution in [1.82, 2.24) is 4.90 Å². The summed E-state index contributed by atoms with van der Waals surface area (Å²) in [4.78, 5) is 2.74. The van der Waals surface area contributed by atoms with Gasteiger partial charge in [0.1, 0.15) is 0 Å². The number of hydrogen-bond acceptors (Lipinski definition) is 2. The summed E-state index contributed by atoms with van der Waals surface area (Å²) in [6.45, 7) is 2.69. The van der Waals surface area contributed by atoms with Gasteiger partial charge in [-0.15, -0.1) is 0 Å². The smallest absolute Gasteiger partial charge is 0.0491 e. The highest BCUT2D eigenvalue weighted by Gasteiger charge is 2.36. The Morgan fingerprint density at radius 3 is 2.13 bits per heavy atom. The van der Waals surface area contributed by atoms with Crippen molar-refractivity contribution < 1.29 is 5.11 Å². The van der Waals surface area contributed by atoms with Crippen molar-refractivity contribution in [2.45, 2.75) is 70.3 Å². The van der Waals surface area contributed by atoms with E-state index in [-0.39, 0.29) is 5.41 Å². The van der Waals surface area contributed by atoms with E-state index in [1.807, 2.05) is 0 Å². The highest BCUT2D eigenvalue weighted by Crippen LogP contribution is 2.36. The van der Waals surface area contributed by atoms with E-state index in [9.17, 15) is 5.11 Å². The lowest BCUT2D eigenvalue weighted by Crippen LogP contribution is -2.47. The second-order valence-electron chi connectivity index (χ2n) is 7.86. The molecule has 2 aliphatic rings. The molecular weight excluding hydrogens is 282 g/mol. The van der Waals surface area contributed by atoms with Crippen LogP contribution >= 0.6 is 0 Å². The van der Waals surface area contributed by atoms with E-state index in [0.717, 1.165) is 25.3 Å². The molecule has 3 rings (SSSR count). The average molecular weight is 316 g/mol. The van der Waals surface area contributed by atoms with Crippen LogP contribution < -0.4 is 0 Å². The van der Waals surface area contributed by atoms with Crippen molar-refractivity contribution in [2.24, 2.45) is 5.41 Å². The Morgan fingerprint density at radius 2 is 1.52 bits per heavy atom. The third-order valence-electron chi connectivity index (χ3n) is 6.21. The number of rotatable bonds is 4. The van der Waals surface area contributed by atoms with Gasteiger partial charge in [0, 0.05) is 12.6 Å². The van der Waals surface area contributed by atoms with Crippen LogP contribution in [0.2, 0.25) is 0 Å². The molecule has 1 saturated heterocycles. The van der Waals surface area contributed by atoms with Crippen LogP contribution in [0.3, 0.4) is 0 Å². The van der Waals surface area contributed by atoms with Crippen molar-refractivity contribution in [3.05, 3.63) is 35.9 Å². The summed E-state index contributed by atoms with van der Waals surface area (Å²) in [6, 6.07) is 11.5. The van der Waals surface area contributed by atoms with Crippen molar-refractivity contribution >= 4 is 0 Å². The van der Waals surface area contributed by atoms with E-state index in [1.165, 1.54) is 63.6 Å². The van der Waals surface area contributed by atoms with E-state index in [1.54, 1.807) is 0 Å². The molecule has 1 saturated carbocycles. The molecule has 0 unspecified atom stereocenters. The number of aliphatic hydroxyl groups is 1. The van der Waals surface area contributed by atoms with Gasteiger partial charge in [0.15, 0.2) is 0 Å². The Labute approximate surface area is 141 Å². The zero-order chi connectivity index (χ0) is 16.0. The minimum Gasteiger partial charge on any atom is -0.396 e. The predicted molar refractivity (Wildman–Crippen MR) is 96.6 cm³/mol. The Bertz CT molecular complexity index is 442. The molecule has 1 aromatic carbocycles. The monoisotopic (exact) mass is 315 g/mol. The van der Waals surface area contributed by atoms with Crippen LogP contribution in [0.4, 0.5) is 0 Å². The van der Waals surface area contributed by atoms with Gasteiger partial charge in [0.25, 0.3) is 0 Å². The molecule has 2 heteroatoms. The SMILES string of the molecule is OCC1(Cc2ccccc2)CCN(C2CCCCCCC2)CC1. The number of benzene rings is 1. The van der Waals surface area contributed by atoms with Gasteiger partial charge in [-0.1, -0.05) is 62.4 Å². The van der Waals surface area contributed by atoms with Crippen LogP contribution in [0.5, 0.6) is 0 Å². The molecule has 0 spiro atoms. The third-order valence-corrected chi connectivity index (χ3v) is 6.21. The lowest BCUT2D eigenvalue weighted by atomic mass is 9.74. The molecule has 1 aliphatic heterocycles.